The van der Waals surface area contributed by atoms with Gasteiger partial charge in [0.05, 0.1) is 12.7 Å². The van der Waals surface area contributed by atoms with E-state index in [-0.39, 0.29) is 16.9 Å². The molecule has 0 aliphatic carbocycles. The number of phenolic OH excluding ortho intramolecular Hbond substituents is 1. The molecule has 1 rings (SSSR count). The Balaban J connectivity index is 3.12. The smallest absolute Gasteiger partial charge is 0.337 e. The molecule has 1 aromatic rings. The van der Waals surface area contributed by atoms with Crippen LogP contribution in [0.15, 0.2) is 24.8 Å². The normalized spacial score (nSPS) is 9.57. The monoisotopic (exact) mass is 196 g/mol. The van der Waals surface area contributed by atoms with Gasteiger partial charge >= 0.3 is 5.97 Å². The van der Waals surface area contributed by atoms with Crippen molar-refractivity contribution in [2.45, 2.75) is 0 Å². The Morgan fingerprint density at radius 3 is 2.79 bits per heavy atom. The van der Waals surface area contributed by atoms with E-state index < -0.39 is 11.8 Å². The standard InChI is InChI=1S/C10H9FO3/c1-6(10(13)14-2)8-5-7(11)3-4-9(8)12/h3-5,12H,1H2,2H3. The van der Waals surface area contributed by atoms with Crippen molar-refractivity contribution in [2.24, 2.45) is 0 Å². The summed E-state index contributed by atoms with van der Waals surface area (Å²) >= 11 is 0. The van der Waals surface area contributed by atoms with Crippen molar-refractivity contribution >= 4 is 11.5 Å². The lowest BCUT2D eigenvalue weighted by Gasteiger charge is -2.05. The van der Waals surface area contributed by atoms with Crippen molar-refractivity contribution in [3.8, 4) is 5.75 Å². The van der Waals surface area contributed by atoms with Crippen LogP contribution in [0.5, 0.6) is 5.75 Å². The summed E-state index contributed by atoms with van der Waals surface area (Å²) in [7, 11) is 1.18. The molecule has 0 heterocycles. The first-order valence-electron chi connectivity index (χ1n) is 3.82. The molecule has 0 amide bonds. The zero-order chi connectivity index (χ0) is 10.7. The van der Waals surface area contributed by atoms with Gasteiger partial charge in [0.15, 0.2) is 0 Å². The molecule has 0 bridgehead atoms. The molecule has 0 spiro atoms. The predicted octanol–water partition coefficient (Wildman–Crippen LogP) is 1.72. The lowest BCUT2D eigenvalue weighted by atomic mass is 10.1. The van der Waals surface area contributed by atoms with Crippen LogP contribution in [-0.4, -0.2) is 18.2 Å². The van der Waals surface area contributed by atoms with Crippen LogP contribution >= 0.6 is 0 Å². The first-order chi connectivity index (χ1) is 6.56. The lowest BCUT2D eigenvalue weighted by molar-refractivity contribution is -0.133. The fourth-order valence-electron chi connectivity index (χ4n) is 0.983. The number of carbonyl (C=O) groups is 1. The van der Waals surface area contributed by atoms with Crippen molar-refractivity contribution in [3.05, 3.63) is 36.2 Å². The van der Waals surface area contributed by atoms with Crippen LogP contribution in [0.1, 0.15) is 5.56 Å². The van der Waals surface area contributed by atoms with Crippen LogP contribution in [0.2, 0.25) is 0 Å². The van der Waals surface area contributed by atoms with Crippen molar-refractivity contribution in [1.82, 2.24) is 0 Å². The number of benzene rings is 1. The van der Waals surface area contributed by atoms with Gasteiger partial charge in [-0.15, -0.1) is 0 Å². The molecule has 0 aliphatic rings. The van der Waals surface area contributed by atoms with Gasteiger partial charge in [0.25, 0.3) is 0 Å². The Kier molecular flexibility index (Phi) is 2.86. The highest BCUT2D eigenvalue weighted by Gasteiger charge is 2.13. The van der Waals surface area contributed by atoms with Crippen LogP contribution in [0.3, 0.4) is 0 Å². The average molecular weight is 196 g/mol. The molecule has 1 aromatic carbocycles. The molecule has 0 saturated heterocycles. The largest absolute Gasteiger partial charge is 0.507 e. The second kappa shape index (κ2) is 3.91. The Labute approximate surface area is 80.4 Å². The molecule has 0 saturated carbocycles. The van der Waals surface area contributed by atoms with E-state index in [1.807, 2.05) is 0 Å². The number of halogens is 1. The molecule has 0 radical (unpaired) electrons. The maximum atomic E-state index is 12.8. The van der Waals surface area contributed by atoms with Gasteiger partial charge in [-0.1, -0.05) is 6.58 Å². The SMILES string of the molecule is C=C(C(=O)OC)c1cc(F)ccc1O. The fourth-order valence-corrected chi connectivity index (χ4v) is 0.983. The summed E-state index contributed by atoms with van der Waals surface area (Å²) in [6.07, 6.45) is 0. The predicted molar refractivity (Wildman–Crippen MR) is 49.1 cm³/mol. The van der Waals surface area contributed by atoms with E-state index in [0.29, 0.717) is 0 Å². The molecule has 74 valence electrons. The molecule has 0 unspecified atom stereocenters. The van der Waals surface area contributed by atoms with Crippen LogP contribution in [-0.2, 0) is 9.53 Å². The Hall–Kier alpha value is -1.84. The zero-order valence-electron chi connectivity index (χ0n) is 7.58. The Morgan fingerprint density at radius 1 is 1.57 bits per heavy atom. The maximum absolute atomic E-state index is 12.8. The molecule has 1 N–H and O–H groups in total. The highest BCUT2D eigenvalue weighted by molar-refractivity contribution is 6.16. The second-order valence-corrected chi connectivity index (χ2v) is 2.63. The third-order valence-electron chi connectivity index (χ3n) is 1.72. The van der Waals surface area contributed by atoms with Gasteiger partial charge < -0.3 is 9.84 Å². The lowest BCUT2D eigenvalue weighted by Crippen LogP contribution is -2.03. The van der Waals surface area contributed by atoms with E-state index in [1.165, 1.54) is 7.11 Å². The van der Waals surface area contributed by atoms with Crippen molar-refractivity contribution in [1.29, 1.82) is 0 Å². The second-order valence-electron chi connectivity index (χ2n) is 2.63. The molecular weight excluding hydrogens is 187 g/mol. The number of aromatic hydroxyl groups is 1. The molecule has 0 atom stereocenters. The summed E-state index contributed by atoms with van der Waals surface area (Å²) < 4.78 is 17.2. The van der Waals surface area contributed by atoms with Crippen LogP contribution in [0.25, 0.3) is 5.57 Å². The van der Waals surface area contributed by atoms with E-state index in [4.69, 9.17) is 0 Å². The molecule has 0 aliphatic heterocycles. The summed E-state index contributed by atoms with van der Waals surface area (Å²) in [6, 6.07) is 3.26. The Morgan fingerprint density at radius 2 is 2.21 bits per heavy atom. The minimum atomic E-state index is -0.703. The highest BCUT2D eigenvalue weighted by atomic mass is 19.1. The van der Waals surface area contributed by atoms with Gasteiger partial charge in [-0.3, -0.25) is 0 Å². The number of phenols is 1. The third kappa shape index (κ3) is 1.90. The van der Waals surface area contributed by atoms with Crippen molar-refractivity contribution in [2.75, 3.05) is 7.11 Å². The minimum absolute atomic E-state index is 0.0388. The van der Waals surface area contributed by atoms with Crippen molar-refractivity contribution in [3.63, 3.8) is 0 Å². The molecule has 0 fully saturated rings. The van der Waals surface area contributed by atoms with Gasteiger partial charge in [-0.2, -0.15) is 0 Å². The van der Waals surface area contributed by atoms with Gasteiger partial charge in [0.2, 0.25) is 0 Å². The fraction of sp³-hybridized carbons (Fsp3) is 0.100. The highest BCUT2D eigenvalue weighted by Crippen LogP contribution is 2.25. The number of esters is 1. The van der Waals surface area contributed by atoms with E-state index in [1.54, 1.807) is 0 Å². The van der Waals surface area contributed by atoms with E-state index in [9.17, 15) is 14.3 Å². The van der Waals surface area contributed by atoms with E-state index in [2.05, 4.69) is 11.3 Å². The average Bonchev–Trinajstić information content (AvgIpc) is 2.19. The van der Waals surface area contributed by atoms with Crippen LogP contribution in [0.4, 0.5) is 4.39 Å². The summed E-state index contributed by atoms with van der Waals surface area (Å²) in [6.45, 7) is 3.40. The minimum Gasteiger partial charge on any atom is -0.507 e. The molecular formula is C10H9FO3. The number of ether oxygens (including phenoxy) is 1. The zero-order valence-corrected chi connectivity index (χ0v) is 7.58. The first-order valence-corrected chi connectivity index (χ1v) is 3.82. The van der Waals surface area contributed by atoms with E-state index in [0.717, 1.165) is 18.2 Å². The summed E-state index contributed by atoms with van der Waals surface area (Å²) in [5.41, 5.74) is -0.0404. The Bertz CT molecular complexity index is 385. The maximum Gasteiger partial charge on any atom is 0.337 e. The van der Waals surface area contributed by atoms with Crippen molar-refractivity contribution < 1.29 is 19.0 Å². The van der Waals surface area contributed by atoms with E-state index >= 15 is 0 Å². The number of carbonyl (C=O) groups excluding carboxylic acids is 1. The number of hydrogen-bond donors (Lipinski definition) is 1. The molecule has 3 nitrogen and oxygen atoms in total. The molecule has 0 aromatic heterocycles. The molecule has 14 heavy (non-hydrogen) atoms. The third-order valence-corrected chi connectivity index (χ3v) is 1.72. The number of methoxy groups -OCH3 is 1. The quantitative estimate of drug-likeness (QED) is 0.578. The van der Waals surface area contributed by atoms with Crippen LogP contribution < -0.4 is 0 Å². The van der Waals surface area contributed by atoms with Gasteiger partial charge in [0, 0.05) is 5.56 Å². The van der Waals surface area contributed by atoms with Gasteiger partial charge in [-0.25, -0.2) is 9.18 Å². The molecule has 4 heteroatoms. The summed E-state index contributed by atoms with van der Waals surface area (Å²) in [5, 5.41) is 9.31. The summed E-state index contributed by atoms with van der Waals surface area (Å²) in [5.74, 6) is -1.46. The number of rotatable bonds is 2. The summed E-state index contributed by atoms with van der Waals surface area (Å²) in [4.78, 5) is 11.0. The topological polar surface area (TPSA) is 46.5 Å². The first kappa shape index (κ1) is 10.2. The van der Waals surface area contributed by atoms with Crippen LogP contribution in [0, 0.1) is 5.82 Å². The number of hydrogen-bond acceptors (Lipinski definition) is 3. The van der Waals surface area contributed by atoms with Gasteiger partial charge in [-0.05, 0) is 18.2 Å². The van der Waals surface area contributed by atoms with Gasteiger partial charge in [0.1, 0.15) is 11.6 Å².